The number of ketones is 1. The van der Waals surface area contributed by atoms with Crippen LogP contribution in [0.4, 0.5) is 5.82 Å². The van der Waals surface area contributed by atoms with Gasteiger partial charge in [0.25, 0.3) is 0 Å². The Kier molecular flexibility index (Phi) is 5.72. The van der Waals surface area contributed by atoms with E-state index < -0.39 is 5.92 Å². The van der Waals surface area contributed by atoms with Crippen molar-refractivity contribution in [2.75, 3.05) is 5.32 Å². The fourth-order valence-electron chi connectivity index (χ4n) is 5.10. The zero-order valence-electron chi connectivity index (χ0n) is 18.1. The Morgan fingerprint density at radius 1 is 1.03 bits per heavy atom. The van der Waals surface area contributed by atoms with Gasteiger partial charge in [-0.2, -0.15) is 5.10 Å². The second kappa shape index (κ2) is 8.66. The molecule has 3 aromatic rings. The average molecular weight is 492 g/mol. The molecule has 1 fully saturated rings. The molecule has 0 spiro atoms. The number of nitrogens with one attached hydrogen (secondary N) is 1. The molecule has 2 aromatic carbocycles. The van der Waals surface area contributed by atoms with E-state index in [-0.39, 0.29) is 18.1 Å². The van der Waals surface area contributed by atoms with Gasteiger partial charge >= 0.3 is 0 Å². The number of Topliss-reactive ketones (excluding diaryl/α,β-unsaturated/α-hetero) is 1. The van der Waals surface area contributed by atoms with Gasteiger partial charge in [0.05, 0.1) is 17.3 Å². The Hall–Kier alpha value is -2.73. The number of hydrogen-bond donors (Lipinski definition) is 1. The molecule has 0 radical (unpaired) electrons. The second-order valence-electron chi connectivity index (χ2n) is 8.86. The molecule has 1 saturated carbocycles. The Morgan fingerprint density at radius 2 is 1.72 bits per heavy atom. The molecule has 1 unspecified atom stereocenters. The van der Waals surface area contributed by atoms with E-state index in [2.05, 4.69) is 38.5 Å². The van der Waals surface area contributed by atoms with E-state index in [1.165, 1.54) is 37.7 Å². The Balaban J connectivity index is 1.47. The monoisotopic (exact) mass is 491 g/mol. The van der Waals surface area contributed by atoms with E-state index in [4.69, 9.17) is 0 Å². The van der Waals surface area contributed by atoms with Gasteiger partial charge in [-0.25, -0.2) is 4.68 Å². The summed E-state index contributed by atoms with van der Waals surface area (Å²) in [5.41, 5.74) is 4.39. The average Bonchev–Trinajstić information content (AvgIpc) is 3.15. The molecular formula is C26H26BrN3O2. The molecule has 2 aliphatic rings. The van der Waals surface area contributed by atoms with Crippen molar-refractivity contribution in [1.82, 2.24) is 9.78 Å². The molecule has 6 heteroatoms. The van der Waals surface area contributed by atoms with Crippen molar-refractivity contribution in [1.29, 1.82) is 0 Å². The van der Waals surface area contributed by atoms with Crippen molar-refractivity contribution in [3.63, 3.8) is 0 Å². The Labute approximate surface area is 196 Å². The third kappa shape index (κ3) is 3.92. The third-order valence-corrected chi connectivity index (χ3v) is 7.29. The van der Waals surface area contributed by atoms with Gasteiger partial charge in [-0.1, -0.05) is 59.5 Å². The number of rotatable bonds is 4. The molecule has 32 heavy (non-hydrogen) atoms. The summed E-state index contributed by atoms with van der Waals surface area (Å²) in [5, 5.41) is 7.61. The summed E-state index contributed by atoms with van der Waals surface area (Å²) in [6, 6.07) is 15.8. The first kappa shape index (κ1) is 21.1. The topological polar surface area (TPSA) is 64.0 Å². The lowest BCUT2D eigenvalue weighted by atomic mass is 9.82. The van der Waals surface area contributed by atoms with Crippen LogP contribution in [0.5, 0.6) is 0 Å². The maximum atomic E-state index is 13.5. The van der Waals surface area contributed by atoms with Crippen LogP contribution >= 0.6 is 15.9 Å². The number of aromatic nitrogens is 2. The van der Waals surface area contributed by atoms with Gasteiger partial charge in [0.1, 0.15) is 5.82 Å². The molecule has 5 nitrogen and oxygen atoms in total. The molecule has 1 N–H and O–H groups in total. The third-order valence-electron chi connectivity index (χ3n) is 6.76. The zero-order valence-corrected chi connectivity index (χ0v) is 19.7. The fourth-order valence-corrected chi connectivity index (χ4v) is 5.36. The van der Waals surface area contributed by atoms with E-state index in [1.807, 2.05) is 43.3 Å². The zero-order chi connectivity index (χ0) is 22.2. The summed E-state index contributed by atoms with van der Waals surface area (Å²) < 4.78 is 2.69. The van der Waals surface area contributed by atoms with Gasteiger partial charge in [0.2, 0.25) is 5.91 Å². The Morgan fingerprint density at radius 3 is 2.41 bits per heavy atom. The van der Waals surface area contributed by atoms with Crippen molar-refractivity contribution < 1.29 is 9.59 Å². The van der Waals surface area contributed by atoms with E-state index in [0.717, 1.165) is 21.4 Å². The maximum absolute atomic E-state index is 13.5. The van der Waals surface area contributed by atoms with Gasteiger partial charge in [0, 0.05) is 22.0 Å². The number of hydrogen-bond acceptors (Lipinski definition) is 3. The van der Waals surface area contributed by atoms with Gasteiger partial charge in [-0.15, -0.1) is 0 Å². The molecule has 1 atom stereocenters. The normalized spacial score (nSPS) is 18.8. The lowest BCUT2D eigenvalue weighted by Gasteiger charge is -2.24. The second-order valence-corrected chi connectivity index (χ2v) is 9.78. The van der Waals surface area contributed by atoms with Crippen LogP contribution in [0.15, 0.2) is 53.0 Å². The summed E-state index contributed by atoms with van der Waals surface area (Å²) in [6.07, 6.45) is 6.50. The van der Waals surface area contributed by atoms with Gasteiger partial charge in [0.15, 0.2) is 5.78 Å². The molecule has 0 saturated heterocycles. The molecule has 164 valence electrons. The molecule has 2 heterocycles. The number of nitrogens with zero attached hydrogens (tertiary/aromatic N) is 2. The van der Waals surface area contributed by atoms with Crippen LogP contribution in [-0.4, -0.2) is 21.5 Å². The summed E-state index contributed by atoms with van der Waals surface area (Å²) in [7, 11) is 0. The van der Waals surface area contributed by atoms with Crippen LogP contribution in [-0.2, 0) is 4.79 Å². The highest BCUT2D eigenvalue weighted by Gasteiger charge is 2.36. The minimum absolute atomic E-state index is 0.0187. The highest BCUT2D eigenvalue weighted by molar-refractivity contribution is 9.10. The smallest absolute Gasteiger partial charge is 0.226 e. The summed E-state index contributed by atoms with van der Waals surface area (Å²) in [6.45, 7) is 1.90. The molecule has 1 aliphatic carbocycles. The number of carbonyl (C=O) groups excluding carboxylic acids is 2. The molecule has 1 amide bonds. The first-order chi connectivity index (χ1) is 15.5. The van der Waals surface area contributed by atoms with Crippen LogP contribution in [0.25, 0.3) is 5.69 Å². The first-order valence-electron chi connectivity index (χ1n) is 11.3. The van der Waals surface area contributed by atoms with Crippen LogP contribution in [0.2, 0.25) is 0 Å². The number of aryl methyl sites for hydroxylation is 1. The van der Waals surface area contributed by atoms with Crippen LogP contribution in [0.3, 0.4) is 0 Å². The molecular weight excluding hydrogens is 466 g/mol. The lowest BCUT2D eigenvalue weighted by Crippen LogP contribution is -2.28. The highest BCUT2D eigenvalue weighted by atomic mass is 79.9. The molecule has 1 aromatic heterocycles. The summed E-state index contributed by atoms with van der Waals surface area (Å²) in [5.74, 6) is 0.496. The number of benzene rings is 2. The van der Waals surface area contributed by atoms with Crippen LogP contribution < -0.4 is 5.32 Å². The van der Waals surface area contributed by atoms with Crippen molar-refractivity contribution >= 4 is 33.4 Å². The van der Waals surface area contributed by atoms with Crippen molar-refractivity contribution in [2.24, 2.45) is 0 Å². The van der Waals surface area contributed by atoms with E-state index in [0.29, 0.717) is 17.3 Å². The minimum Gasteiger partial charge on any atom is -0.310 e. The van der Waals surface area contributed by atoms with Gasteiger partial charge < -0.3 is 5.32 Å². The summed E-state index contributed by atoms with van der Waals surface area (Å²) in [4.78, 5) is 26.1. The SMILES string of the molecule is Cc1nn(-c2ccc(Br)cc2)c2c1C(C(=O)c1ccc(C3CCCCC3)cc1)CC(=O)N2. The van der Waals surface area contributed by atoms with Gasteiger partial charge in [-0.3, -0.25) is 9.59 Å². The lowest BCUT2D eigenvalue weighted by molar-refractivity contribution is -0.116. The maximum Gasteiger partial charge on any atom is 0.226 e. The van der Waals surface area contributed by atoms with Crippen molar-refractivity contribution in [3.05, 3.63) is 75.4 Å². The Bertz CT molecular complexity index is 1160. The van der Waals surface area contributed by atoms with Crippen LogP contribution in [0, 0.1) is 6.92 Å². The predicted molar refractivity (Wildman–Crippen MR) is 129 cm³/mol. The molecule has 1 aliphatic heterocycles. The summed E-state index contributed by atoms with van der Waals surface area (Å²) >= 11 is 3.45. The van der Waals surface area contributed by atoms with Crippen molar-refractivity contribution in [3.8, 4) is 5.69 Å². The first-order valence-corrected chi connectivity index (χ1v) is 12.1. The predicted octanol–water partition coefficient (Wildman–Crippen LogP) is 6.30. The number of fused-ring (bicyclic) bond motifs is 1. The largest absolute Gasteiger partial charge is 0.310 e. The van der Waals surface area contributed by atoms with E-state index in [9.17, 15) is 9.59 Å². The van der Waals surface area contributed by atoms with Crippen LogP contribution in [0.1, 0.15) is 77.5 Å². The van der Waals surface area contributed by atoms with E-state index in [1.54, 1.807) is 4.68 Å². The number of anilines is 1. The van der Waals surface area contributed by atoms with Crippen molar-refractivity contribution in [2.45, 2.75) is 57.3 Å². The molecule has 0 bridgehead atoms. The van der Waals surface area contributed by atoms with E-state index >= 15 is 0 Å². The quantitative estimate of drug-likeness (QED) is 0.435. The minimum atomic E-state index is -0.525. The standard InChI is InChI=1S/C26H26BrN3O2/c1-16-24-22(25(32)19-9-7-18(8-10-19)17-5-3-2-4-6-17)15-23(31)28-26(24)30(29-16)21-13-11-20(27)12-14-21/h7-14,17,22H,2-6,15H2,1H3,(H,28,31). The number of halogens is 1. The fraction of sp³-hybridized carbons (Fsp3) is 0.346. The highest BCUT2D eigenvalue weighted by Crippen LogP contribution is 2.39. The number of carbonyl (C=O) groups is 2. The van der Waals surface area contributed by atoms with Gasteiger partial charge in [-0.05, 0) is 55.5 Å². The molecule has 5 rings (SSSR count). The number of amides is 1.